The molecule has 6 heteroatoms. The molecule has 0 aliphatic rings. The SMILES string of the molecule is CCCOc1ncnc(Nc2ccc(C)c(Br)c2)c1N. The summed E-state index contributed by atoms with van der Waals surface area (Å²) in [5, 5.41) is 3.17. The van der Waals surface area contributed by atoms with E-state index < -0.39 is 0 Å². The largest absolute Gasteiger partial charge is 0.476 e. The normalized spacial score (nSPS) is 10.3. The number of nitrogens with two attached hydrogens (primary N) is 1. The van der Waals surface area contributed by atoms with Crippen LogP contribution in [0.25, 0.3) is 0 Å². The highest BCUT2D eigenvalue weighted by Gasteiger charge is 2.09. The van der Waals surface area contributed by atoms with Crippen molar-refractivity contribution in [2.75, 3.05) is 17.7 Å². The van der Waals surface area contributed by atoms with Crippen molar-refractivity contribution < 1.29 is 4.74 Å². The van der Waals surface area contributed by atoms with Gasteiger partial charge >= 0.3 is 0 Å². The molecule has 0 fully saturated rings. The Morgan fingerprint density at radius 1 is 1.35 bits per heavy atom. The number of benzene rings is 1. The summed E-state index contributed by atoms with van der Waals surface area (Å²) in [6, 6.07) is 5.95. The lowest BCUT2D eigenvalue weighted by Crippen LogP contribution is -2.05. The highest BCUT2D eigenvalue weighted by atomic mass is 79.9. The third-order valence-corrected chi connectivity index (χ3v) is 3.58. The molecule has 0 saturated carbocycles. The maximum absolute atomic E-state index is 6.02. The fraction of sp³-hybridized carbons (Fsp3) is 0.286. The number of halogens is 1. The van der Waals surface area contributed by atoms with Gasteiger partial charge in [0, 0.05) is 10.2 Å². The first-order chi connectivity index (χ1) is 9.61. The van der Waals surface area contributed by atoms with E-state index in [1.165, 1.54) is 6.33 Å². The average Bonchev–Trinajstić information content (AvgIpc) is 2.44. The zero-order valence-corrected chi connectivity index (χ0v) is 13.1. The van der Waals surface area contributed by atoms with Gasteiger partial charge in [-0.25, -0.2) is 4.98 Å². The summed E-state index contributed by atoms with van der Waals surface area (Å²) in [6.07, 6.45) is 2.34. The Morgan fingerprint density at radius 2 is 2.15 bits per heavy atom. The van der Waals surface area contributed by atoms with E-state index in [0.717, 1.165) is 22.1 Å². The maximum atomic E-state index is 6.02. The van der Waals surface area contributed by atoms with E-state index in [1.807, 2.05) is 32.0 Å². The molecule has 20 heavy (non-hydrogen) atoms. The lowest BCUT2D eigenvalue weighted by atomic mass is 10.2. The van der Waals surface area contributed by atoms with E-state index in [2.05, 4.69) is 31.2 Å². The predicted octanol–water partition coefficient (Wildman–Crippen LogP) is 3.66. The molecule has 2 rings (SSSR count). The highest BCUT2D eigenvalue weighted by Crippen LogP contribution is 2.29. The summed E-state index contributed by atoms with van der Waals surface area (Å²) >= 11 is 3.50. The van der Waals surface area contributed by atoms with Crippen LogP contribution < -0.4 is 15.8 Å². The molecule has 0 bridgehead atoms. The number of hydrogen-bond donors (Lipinski definition) is 2. The smallest absolute Gasteiger partial charge is 0.242 e. The van der Waals surface area contributed by atoms with Crippen LogP contribution in [0.4, 0.5) is 17.2 Å². The second kappa shape index (κ2) is 6.56. The molecule has 1 aromatic heterocycles. The van der Waals surface area contributed by atoms with Crippen molar-refractivity contribution in [3.05, 3.63) is 34.6 Å². The molecule has 1 aromatic carbocycles. The van der Waals surface area contributed by atoms with Gasteiger partial charge in [0.25, 0.3) is 0 Å². The van der Waals surface area contributed by atoms with Gasteiger partial charge in [-0.05, 0) is 31.0 Å². The standard InChI is InChI=1S/C14H17BrN4O/c1-3-6-20-14-12(16)13(17-8-18-14)19-10-5-4-9(2)11(15)7-10/h4-5,7-8H,3,6,16H2,1-2H3,(H,17,18,19). The van der Waals surface area contributed by atoms with Crippen LogP contribution in [-0.4, -0.2) is 16.6 Å². The minimum Gasteiger partial charge on any atom is -0.476 e. The molecule has 0 aliphatic carbocycles. The number of rotatable bonds is 5. The molecule has 1 heterocycles. The van der Waals surface area contributed by atoms with E-state index in [1.54, 1.807) is 0 Å². The topological polar surface area (TPSA) is 73.1 Å². The summed E-state index contributed by atoms with van der Waals surface area (Å²) < 4.78 is 6.51. The first kappa shape index (κ1) is 14.6. The summed E-state index contributed by atoms with van der Waals surface area (Å²) in [5.41, 5.74) is 8.49. The Kier molecular flexibility index (Phi) is 4.79. The molecule has 0 unspecified atom stereocenters. The fourth-order valence-corrected chi connectivity index (χ4v) is 1.98. The second-order valence-corrected chi connectivity index (χ2v) is 5.23. The molecule has 0 aliphatic heterocycles. The zero-order valence-electron chi connectivity index (χ0n) is 11.5. The molecule has 0 atom stereocenters. The quantitative estimate of drug-likeness (QED) is 0.871. The van der Waals surface area contributed by atoms with Crippen molar-refractivity contribution >= 4 is 33.1 Å². The van der Waals surface area contributed by atoms with Crippen LogP contribution in [0.5, 0.6) is 5.88 Å². The average molecular weight is 337 g/mol. The lowest BCUT2D eigenvalue weighted by Gasteiger charge is -2.12. The van der Waals surface area contributed by atoms with Crippen molar-refractivity contribution in [1.29, 1.82) is 0 Å². The molecular formula is C14H17BrN4O. The maximum Gasteiger partial charge on any atom is 0.242 e. The van der Waals surface area contributed by atoms with Gasteiger partial charge in [0.1, 0.15) is 12.0 Å². The summed E-state index contributed by atoms with van der Waals surface area (Å²) in [5.74, 6) is 0.956. The van der Waals surface area contributed by atoms with Crippen LogP contribution >= 0.6 is 15.9 Å². The molecule has 5 nitrogen and oxygen atoms in total. The van der Waals surface area contributed by atoms with Crippen LogP contribution in [0, 0.1) is 6.92 Å². The van der Waals surface area contributed by atoms with Gasteiger partial charge in [-0.1, -0.05) is 28.9 Å². The molecule has 0 spiro atoms. The van der Waals surface area contributed by atoms with Crippen LogP contribution in [0.3, 0.4) is 0 Å². The predicted molar refractivity (Wildman–Crippen MR) is 84.4 cm³/mol. The van der Waals surface area contributed by atoms with Gasteiger partial charge in [0.15, 0.2) is 5.82 Å². The fourth-order valence-electron chi connectivity index (χ4n) is 1.60. The number of ether oxygens (including phenoxy) is 1. The van der Waals surface area contributed by atoms with Crippen molar-refractivity contribution in [3.63, 3.8) is 0 Å². The van der Waals surface area contributed by atoms with Gasteiger partial charge in [0.05, 0.1) is 6.61 Å². The monoisotopic (exact) mass is 336 g/mol. The number of nitrogens with zero attached hydrogens (tertiary/aromatic N) is 2. The summed E-state index contributed by atoms with van der Waals surface area (Å²) in [7, 11) is 0. The molecular weight excluding hydrogens is 320 g/mol. The van der Waals surface area contributed by atoms with Gasteiger partial charge in [-0.2, -0.15) is 4.98 Å². The van der Waals surface area contributed by atoms with E-state index in [-0.39, 0.29) is 0 Å². The second-order valence-electron chi connectivity index (χ2n) is 4.38. The number of nitrogens with one attached hydrogen (secondary N) is 1. The number of aromatic nitrogens is 2. The number of hydrogen-bond acceptors (Lipinski definition) is 5. The minimum atomic E-state index is 0.413. The molecule has 0 amide bonds. The first-order valence-corrected chi connectivity index (χ1v) is 7.17. The Balaban J connectivity index is 2.22. The Morgan fingerprint density at radius 3 is 2.85 bits per heavy atom. The first-order valence-electron chi connectivity index (χ1n) is 6.38. The van der Waals surface area contributed by atoms with Crippen molar-refractivity contribution in [2.45, 2.75) is 20.3 Å². The Bertz CT molecular complexity index is 604. The number of nitrogen functional groups attached to an aromatic ring is 1. The van der Waals surface area contributed by atoms with Crippen molar-refractivity contribution in [3.8, 4) is 5.88 Å². The van der Waals surface area contributed by atoms with Gasteiger partial charge in [-0.3, -0.25) is 0 Å². The van der Waals surface area contributed by atoms with Crippen LogP contribution in [0.2, 0.25) is 0 Å². The van der Waals surface area contributed by atoms with Crippen LogP contribution in [0.15, 0.2) is 29.0 Å². The van der Waals surface area contributed by atoms with E-state index >= 15 is 0 Å². The summed E-state index contributed by atoms with van der Waals surface area (Å²) in [6.45, 7) is 4.64. The third kappa shape index (κ3) is 3.39. The highest BCUT2D eigenvalue weighted by molar-refractivity contribution is 9.10. The van der Waals surface area contributed by atoms with Gasteiger partial charge < -0.3 is 15.8 Å². The molecule has 3 N–H and O–H groups in total. The number of anilines is 3. The molecule has 106 valence electrons. The third-order valence-electron chi connectivity index (χ3n) is 2.72. The van der Waals surface area contributed by atoms with Gasteiger partial charge in [-0.15, -0.1) is 0 Å². The zero-order chi connectivity index (χ0) is 14.5. The lowest BCUT2D eigenvalue weighted by molar-refractivity contribution is 0.307. The van der Waals surface area contributed by atoms with Crippen LogP contribution in [0.1, 0.15) is 18.9 Å². The van der Waals surface area contributed by atoms with E-state index in [4.69, 9.17) is 10.5 Å². The van der Waals surface area contributed by atoms with Crippen molar-refractivity contribution in [1.82, 2.24) is 9.97 Å². The van der Waals surface area contributed by atoms with E-state index in [0.29, 0.717) is 24.0 Å². The minimum absolute atomic E-state index is 0.413. The van der Waals surface area contributed by atoms with E-state index in [9.17, 15) is 0 Å². The Labute approximate surface area is 126 Å². The molecule has 0 radical (unpaired) electrons. The summed E-state index contributed by atoms with van der Waals surface area (Å²) in [4.78, 5) is 8.19. The molecule has 0 saturated heterocycles. The van der Waals surface area contributed by atoms with Crippen LogP contribution in [-0.2, 0) is 0 Å². The number of aryl methyl sites for hydroxylation is 1. The van der Waals surface area contributed by atoms with Crippen molar-refractivity contribution in [2.24, 2.45) is 0 Å². The molecule has 2 aromatic rings. The van der Waals surface area contributed by atoms with Gasteiger partial charge in [0.2, 0.25) is 5.88 Å². The Hall–Kier alpha value is -1.82.